The van der Waals surface area contributed by atoms with E-state index in [1.165, 1.54) is 6.92 Å². The molecule has 0 aliphatic heterocycles. The van der Waals surface area contributed by atoms with Crippen LogP contribution in [0.3, 0.4) is 0 Å². The molecule has 0 aliphatic carbocycles. The van der Waals surface area contributed by atoms with E-state index in [-0.39, 0.29) is 24.9 Å². The number of carbonyl (C=O) groups is 4. The predicted octanol–water partition coefficient (Wildman–Crippen LogP) is -1.15. The van der Waals surface area contributed by atoms with E-state index in [1.54, 1.807) is 0 Å². The van der Waals surface area contributed by atoms with Crippen LogP contribution in [0.5, 0.6) is 0 Å². The number of carboxylic acids is 1. The Balaban J connectivity index is 4.10. The molecule has 0 rings (SSSR count). The second-order valence-electron chi connectivity index (χ2n) is 4.77. The molecule has 114 valence electrons. The standard InChI is InChI=1S/C12H21N3O5/c1-7(2)4-9(12(19)20)15-11(18)6-14-10(17)5-13-8(3)16/h7,9H,4-6H2,1-3H3,(H,13,16)(H,14,17)(H,15,18)(H,19,20)/t9-/m0/s1. The van der Waals surface area contributed by atoms with E-state index < -0.39 is 23.8 Å². The van der Waals surface area contributed by atoms with Crippen molar-refractivity contribution in [3.05, 3.63) is 0 Å². The van der Waals surface area contributed by atoms with Crippen molar-refractivity contribution >= 4 is 23.7 Å². The molecule has 0 spiro atoms. The Labute approximate surface area is 117 Å². The van der Waals surface area contributed by atoms with Gasteiger partial charge in [-0.1, -0.05) is 13.8 Å². The number of carboxylic acid groups (broad SMARTS) is 1. The van der Waals surface area contributed by atoms with Gasteiger partial charge in [-0.25, -0.2) is 4.79 Å². The van der Waals surface area contributed by atoms with Crippen LogP contribution in [0.1, 0.15) is 27.2 Å². The van der Waals surface area contributed by atoms with Gasteiger partial charge in [0.25, 0.3) is 0 Å². The third kappa shape index (κ3) is 8.90. The number of aliphatic carboxylic acids is 1. The van der Waals surface area contributed by atoms with Gasteiger partial charge in [0.05, 0.1) is 13.1 Å². The highest BCUT2D eigenvalue weighted by molar-refractivity contribution is 5.89. The summed E-state index contributed by atoms with van der Waals surface area (Å²) in [5.41, 5.74) is 0. The fourth-order valence-electron chi connectivity index (χ4n) is 1.38. The van der Waals surface area contributed by atoms with E-state index in [0.29, 0.717) is 6.42 Å². The molecule has 3 amide bonds. The number of rotatable bonds is 8. The molecule has 0 radical (unpaired) electrons. The molecule has 0 bridgehead atoms. The Hall–Kier alpha value is -2.12. The van der Waals surface area contributed by atoms with Crippen molar-refractivity contribution in [2.45, 2.75) is 33.2 Å². The molecule has 1 atom stereocenters. The Morgan fingerprint density at radius 3 is 2.00 bits per heavy atom. The van der Waals surface area contributed by atoms with E-state index in [0.717, 1.165) is 0 Å². The molecular weight excluding hydrogens is 266 g/mol. The summed E-state index contributed by atoms with van der Waals surface area (Å²) in [6.45, 7) is 4.40. The van der Waals surface area contributed by atoms with E-state index in [2.05, 4.69) is 16.0 Å². The lowest BCUT2D eigenvalue weighted by molar-refractivity contribution is -0.142. The highest BCUT2D eigenvalue weighted by Gasteiger charge is 2.21. The minimum atomic E-state index is -1.11. The number of carbonyl (C=O) groups excluding carboxylic acids is 3. The zero-order valence-corrected chi connectivity index (χ0v) is 11.9. The number of hydrogen-bond donors (Lipinski definition) is 4. The normalized spacial score (nSPS) is 11.6. The molecule has 0 fully saturated rings. The van der Waals surface area contributed by atoms with Crippen LogP contribution in [0.15, 0.2) is 0 Å². The fraction of sp³-hybridized carbons (Fsp3) is 0.667. The Morgan fingerprint density at radius 2 is 1.55 bits per heavy atom. The smallest absolute Gasteiger partial charge is 0.326 e. The molecule has 0 unspecified atom stereocenters. The molecule has 4 N–H and O–H groups in total. The summed E-state index contributed by atoms with van der Waals surface area (Å²) in [7, 11) is 0. The molecule has 0 aromatic rings. The van der Waals surface area contributed by atoms with Crippen molar-refractivity contribution in [3.63, 3.8) is 0 Å². The lowest BCUT2D eigenvalue weighted by atomic mass is 10.0. The van der Waals surface area contributed by atoms with Crippen molar-refractivity contribution in [1.82, 2.24) is 16.0 Å². The average Bonchev–Trinajstić information content (AvgIpc) is 2.32. The maximum Gasteiger partial charge on any atom is 0.326 e. The third-order valence-corrected chi connectivity index (χ3v) is 2.28. The number of hydrogen-bond acceptors (Lipinski definition) is 4. The number of nitrogens with one attached hydrogen (secondary N) is 3. The minimum absolute atomic E-state index is 0.116. The first-order chi connectivity index (χ1) is 9.22. The molecule has 8 nitrogen and oxygen atoms in total. The second kappa shape index (κ2) is 8.89. The van der Waals surface area contributed by atoms with Crippen LogP contribution in [-0.4, -0.2) is 47.9 Å². The average molecular weight is 287 g/mol. The molecule has 0 aliphatic rings. The topological polar surface area (TPSA) is 125 Å². The van der Waals surface area contributed by atoms with Crippen LogP contribution in [0.25, 0.3) is 0 Å². The lowest BCUT2D eigenvalue weighted by Crippen LogP contribution is -2.47. The number of amides is 3. The SMILES string of the molecule is CC(=O)NCC(=O)NCC(=O)N[C@@H](CC(C)C)C(=O)O. The van der Waals surface area contributed by atoms with Gasteiger partial charge in [0.15, 0.2) is 0 Å². The van der Waals surface area contributed by atoms with Gasteiger partial charge in [0.1, 0.15) is 6.04 Å². The van der Waals surface area contributed by atoms with E-state index in [1.807, 2.05) is 13.8 Å². The molecule has 0 heterocycles. The van der Waals surface area contributed by atoms with E-state index >= 15 is 0 Å². The molecule has 0 saturated carbocycles. The third-order valence-electron chi connectivity index (χ3n) is 2.28. The fourth-order valence-corrected chi connectivity index (χ4v) is 1.38. The summed E-state index contributed by atoms with van der Waals surface area (Å²) in [4.78, 5) is 44.2. The predicted molar refractivity (Wildman–Crippen MR) is 70.7 cm³/mol. The minimum Gasteiger partial charge on any atom is -0.480 e. The van der Waals surface area contributed by atoms with Crippen molar-refractivity contribution in [3.8, 4) is 0 Å². The summed E-state index contributed by atoms with van der Waals surface area (Å²) >= 11 is 0. The Bertz CT molecular complexity index is 381. The van der Waals surface area contributed by atoms with Gasteiger partial charge in [-0.2, -0.15) is 0 Å². The summed E-state index contributed by atoms with van der Waals surface area (Å²) in [6, 6.07) is -0.977. The first-order valence-corrected chi connectivity index (χ1v) is 6.25. The molecule has 0 aromatic heterocycles. The summed E-state index contributed by atoms with van der Waals surface area (Å²) < 4.78 is 0. The quantitative estimate of drug-likeness (QED) is 0.449. The van der Waals surface area contributed by atoms with Crippen LogP contribution in [0.2, 0.25) is 0 Å². The van der Waals surface area contributed by atoms with Crippen LogP contribution >= 0.6 is 0 Å². The summed E-state index contributed by atoms with van der Waals surface area (Å²) in [6.07, 6.45) is 0.306. The van der Waals surface area contributed by atoms with Crippen LogP contribution < -0.4 is 16.0 Å². The van der Waals surface area contributed by atoms with Crippen LogP contribution in [0, 0.1) is 5.92 Å². The first-order valence-electron chi connectivity index (χ1n) is 6.25. The van der Waals surface area contributed by atoms with Crippen molar-refractivity contribution in [2.75, 3.05) is 13.1 Å². The van der Waals surface area contributed by atoms with Crippen molar-refractivity contribution in [2.24, 2.45) is 5.92 Å². The largest absolute Gasteiger partial charge is 0.480 e. The summed E-state index contributed by atoms with van der Waals surface area (Å²) in [5, 5.41) is 15.8. The molecule has 8 heteroatoms. The van der Waals surface area contributed by atoms with Crippen LogP contribution in [-0.2, 0) is 19.2 Å². The second-order valence-corrected chi connectivity index (χ2v) is 4.77. The van der Waals surface area contributed by atoms with E-state index in [9.17, 15) is 19.2 Å². The highest BCUT2D eigenvalue weighted by atomic mass is 16.4. The molecule has 0 saturated heterocycles. The van der Waals surface area contributed by atoms with Gasteiger partial charge in [0.2, 0.25) is 17.7 Å². The molecule has 20 heavy (non-hydrogen) atoms. The van der Waals surface area contributed by atoms with Crippen molar-refractivity contribution in [1.29, 1.82) is 0 Å². The maximum absolute atomic E-state index is 11.5. The van der Waals surface area contributed by atoms with Gasteiger partial charge in [-0.3, -0.25) is 14.4 Å². The summed E-state index contributed by atoms with van der Waals surface area (Å²) in [5.74, 6) is -2.46. The van der Waals surface area contributed by atoms with E-state index in [4.69, 9.17) is 5.11 Å². The monoisotopic (exact) mass is 287 g/mol. The van der Waals surface area contributed by atoms with Gasteiger partial charge < -0.3 is 21.1 Å². The van der Waals surface area contributed by atoms with Crippen LogP contribution in [0.4, 0.5) is 0 Å². The zero-order valence-electron chi connectivity index (χ0n) is 11.9. The Kier molecular flexibility index (Phi) is 7.95. The zero-order chi connectivity index (χ0) is 15.7. The first kappa shape index (κ1) is 17.9. The van der Waals surface area contributed by atoms with Gasteiger partial charge >= 0.3 is 5.97 Å². The molecule has 0 aromatic carbocycles. The van der Waals surface area contributed by atoms with Gasteiger partial charge in [-0.05, 0) is 12.3 Å². The highest BCUT2D eigenvalue weighted by Crippen LogP contribution is 2.04. The van der Waals surface area contributed by atoms with Crippen molar-refractivity contribution < 1.29 is 24.3 Å². The lowest BCUT2D eigenvalue weighted by Gasteiger charge is -2.16. The van der Waals surface area contributed by atoms with Gasteiger partial charge in [0, 0.05) is 6.92 Å². The maximum atomic E-state index is 11.5. The Morgan fingerprint density at radius 1 is 1.00 bits per heavy atom. The van der Waals surface area contributed by atoms with Gasteiger partial charge in [-0.15, -0.1) is 0 Å². The molecular formula is C12H21N3O5.